The summed E-state index contributed by atoms with van der Waals surface area (Å²) < 4.78 is 47.6. The molecule has 0 aliphatic carbocycles. The molecule has 4 rings (SSSR count). The molecule has 0 bridgehead atoms. The van der Waals surface area contributed by atoms with E-state index < -0.39 is 11.7 Å². The van der Waals surface area contributed by atoms with Crippen molar-refractivity contribution in [3.05, 3.63) is 77.0 Å². The summed E-state index contributed by atoms with van der Waals surface area (Å²) in [5, 5.41) is 1.05. The van der Waals surface area contributed by atoms with Crippen molar-refractivity contribution in [2.45, 2.75) is 6.18 Å². The number of aryl methyl sites for hydroxylation is 1. The van der Waals surface area contributed by atoms with E-state index in [0.29, 0.717) is 17.1 Å². The van der Waals surface area contributed by atoms with E-state index in [2.05, 4.69) is 16.7 Å². The Labute approximate surface area is 157 Å². The molecule has 0 aliphatic rings. The van der Waals surface area contributed by atoms with Gasteiger partial charge < -0.3 is 4.42 Å². The second kappa shape index (κ2) is 6.70. The van der Waals surface area contributed by atoms with Gasteiger partial charge in [0.1, 0.15) is 23.3 Å². The van der Waals surface area contributed by atoms with Crippen molar-refractivity contribution in [3.8, 4) is 11.3 Å². The minimum absolute atomic E-state index is 0.400. The number of hydrogen-bond acceptors (Lipinski definition) is 2. The molecule has 0 unspecified atom stereocenters. The van der Waals surface area contributed by atoms with E-state index >= 15 is 0 Å². The molecule has 2 heterocycles. The highest BCUT2D eigenvalue weighted by molar-refractivity contribution is 7.18. The van der Waals surface area contributed by atoms with Crippen molar-refractivity contribution in [1.29, 1.82) is 0 Å². The minimum Gasteiger partial charge on any atom is -0.457 e. The lowest BCUT2D eigenvalue weighted by Crippen LogP contribution is -2.28. The zero-order valence-electron chi connectivity index (χ0n) is 14.3. The molecule has 0 saturated heterocycles. The number of para-hydroxylation sites is 1. The molecule has 0 N–H and O–H groups in total. The van der Waals surface area contributed by atoms with Crippen molar-refractivity contribution in [2.24, 2.45) is 7.05 Å². The first-order valence-corrected chi connectivity index (χ1v) is 9.06. The molecular weight excluding hydrogens is 371 g/mol. The number of fused-ring (bicyclic) bond motifs is 1. The van der Waals surface area contributed by atoms with Crippen molar-refractivity contribution < 1.29 is 22.2 Å². The number of thiazole rings is 1. The molecule has 0 fully saturated rings. The first kappa shape index (κ1) is 17.5. The highest BCUT2D eigenvalue weighted by Crippen LogP contribution is 2.33. The Morgan fingerprint density at radius 2 is 1.78 bits per heavy atom. The van der Waals surface area contributed by atoms with Gasteiger partial charge in [-0.25, -0.2) is 0 Å². The van der Waals surface area contributed by atoms with Crippen LogP contribution in [0.5, 0.6) is 0 Å². The zero-order valence-corrected chi connectivity index (χ0v) is 15.1. The molecule has 0 spiro atoms. The van der Waals surface area contributed by atoms with Crippen molar-refractivity contribution >= 4 is 33.7 Å². The van der Waals surface area contributed by atoms with Crippen molar-refractivity contribution in [2.75, 3.05) is 0 Å². The minimum atomic E-state index is -4.37. The van der Waals surface area contributed by atoms with E-state index in [9.17, 15) is 13.2 Å². The van der Waals surface area contributed by atoms with Crippen LogP contribution in [-0.4, -0.2) is 0 Å². The Bertz CT molecular complexity index is 1140. The summed E-state index contributed by atoms with van der Waals surface area (Å²) in [5.74, 6) is 0.987. The third-order valence-electron chi connectivity index (χ3n) is 4.26. The SMILES string of the molecule is C[n+]1c(/C=C/c2ccc(-c3cccc(C(F)(F)F)c3)o2)sc2ccccc21. The standard InChI is InChI=1S/C21H15F3NOS/c1-25-17-7-2-3-8-19(17)27-20(25)12-10-16-9-11-18(26-16)14-5-4-6-15(13-14)21(22,23)24/h2-13H,1H3/q+1/b12-10+. The van der Waals surface area contributed by atoms with Gasteiger partial charge in [0, 0.05) is 17.7 Å². The Kier molecular flexibility index (Phi) is 4.36. The van der Waals surface area contributed by atoms with Crippen LogP contribution in [0, 0.1) is 0 Å². The lowest BCUT2D eigenvalue weighted by molar-refractivity contribution is -0.642. The number of nitrogens with zero attached hydrogens (tertiary/aromatic N) is 1. The van der Waals surface area contributed by atoms with Crippen LogP contribution in [0.15, 0.2) is 65.1 Å². The predicted molar refractivity (Wildman–Crippen MR) is 101 cm³/mol. The fraction of sp³-hybridized carbons (Fsp3) is 0.0952. The van der Waals surface area contributed by atoms with Gasteiger partial charge in [-0.1, -0.05) is 35.6 Å². The fourth-order valence-electron chi connectivity index (χ4n) is 2.87. The molecule has 4 aromatic rings. The maximum atomic E-state index is 12.9. The van der Waals surface area contributed by atoms with Gasteiger partial charge in [-0.2, -0.15) is 17.7 Å². The fourth-order valence-corrected chi connectivity index (χ4v) is 3.92. The van der Waals surface area contributed by atoms with E-state index in [1.807, 2.05) is 31.3 Å². The Balaban J connectivity index is 1.61. The number of furan rings is 1. The molecule has 0 atom stereocenters. The monoisotopic (exact) mass is 386 g/mol. The second-order valence-corrected chi connectivity index (χ2v) is 7.14. The van der Waals surface area contributed by atoms with E-state index in [-0.39, 0.29) is 0 Å². The van der Waals surface area contributed by atoms with Crippen LogP contribution in [0.25, 0.3) is 33.7 Å². The summed E-state index contributed by atoms with van der Waals surface area (Å²) in [7, 11) is 1.99. The van der Waals surface area contributed by atoms with Crippen LogP contribution >= 0.6 is 11.3 Å². The average molecular weight is 386 g/mol. The molecule has 0 aliphatic heterocycles. The molecule has 2 aromatic heterocycles. The third-order valence-corrected chi connectivity index (χ3v) is 5.45. The van der Waals surface area contributed by atoms with E-state index in [1.54, 1.807) is 29.5 Å². The summed E-state index contributed by atoms with van der Waals surface area (Å²) >= 11 is 1.66. The summed E-state index contributed by atoms with van der Waals surface area (Å²) in [6.07, 6.45) is -0.609. The number of benzene rings is 2. The summed E-state index contributed by atoms with van der Waals surface area (Å²) in [6, 6.07) is 16.7. The van der Waals surface area contributed by atoms with E-state index in [0.717, 1.165) is 22.7 Å². The van der Waals surface area contributed by atoms with E-state index in [4.69, 9.17) is 4.42 Å². The number of halogens is 3. The maximum absolute atomic E-state index is 12.9. The third kappa shape index (κ3) is 3.53. The largest absolute Gasteiger partial charge is 0.457 e. The van der Waals surface area contributed by atoms with Gasteiger partial charge in [-0.3, -0.25) is 0 Å². The Hall–Kier alpha value is -2.86. The van der Waals surface area contributed by atoms with Crippen LogP contribution in [-0.2, 0) is 13.2 Å². The Morgan fingerprint density at radius 1 is 0.963 bits per heavy atom. The lowest BCUT2D eigenvalue weighted by atomic mass is 10.1. The van der Waals surface area contributed by atoms with Gasteiger partial charge in [0.25, 0.3) is 5.01 Å². The topological polar surface area (TPSA) is 17.0 Å². The van der Waals surface area contributed by atoms with Crippen molar-refractivity contribution in [1.82, 2.24) is 0 Å². The molecule has 0 amide bonds. The molecular formula is C21H15F3NOS+. The van der Waals surface area contributed by atoms with Crippen LogP contribution in [0.1, 0.15) is 16.3 Å². The normalized spacial score (nSPS) is 12.3. The number of aromatic nitrogens is 1. The Morgan fingerprint density at radius 3 is 2.56 bits per heavy atom. The first-order valence-electron chi connectivity index (χ1n) is 8.25. The smallest absolute Gasteiger partial charge is 0.416 e. The highest BCUT2D eigenvalue weighted by atomic mass is 32.1. The number of hydrogen-bond donors (Lipinski definition) is 0. The molecule has 0 radical (unpaired) electrons. The van der Waals surface area contributed by atoms with Crippen molar-refractivity contribution in [3.63, 3.8) is 0 Å². The quantitative estimate of drug-likeness (QED) is 0.385. The van der Waals surface area contributed by atoms with Crippen LogP contribution < -0.4 is 4.57 Å². The van der Waals surface area contributed by atoms with E-state index in [1.165, 1.54) is 10.8 Å². The average Bonchev–Trinajstić information content (AvgIpc) is 3.25. The molecule has 2 aromatic carbocycles. The highest BCUT2D eigenvalue weighted by Gasteiger charge is 2.30. The summed E-state index contributed by atoms with van der Waals surface area (Å²) in [4.78, 5) is 0. The van der Waals surface area contributed by atoms with Gasteiger partial charge >= 0.3 is 6.18 Å². The van der Waals surface area contributed by atoms with Gasteiger partial charge in [-0.15, -0.1) is 0 Å². The van der Waals surface area contributed by atoms with Gasteiger partial charge in [0.05, 0.1) is 5.56 Å². The van der Waals surface area contributed by atoms with Crippen LogP contribution in [0.4, 0.5) is 13.2 Å². The molecule has 136 valence electrons. The molecule has 0 saturated carbocycles. The van der Waals surface area contributed by atoms with Gasteiger partial charge in [0.15, 0.2) is 0 Å². The van der Waals surface area contributed by atoms with Crippen LogP contribution in [0.2, 0.25) is 0 Å². The molecule has 6 heteroatoms. The summed E-state index contributed by atoms with van der Waals surface area (Å²) in [5.41, 5.74) is 0.855. The van der Waals surface area contributed by atoms with Crippen LogP contribution in [0.3, 0.4) is 0 Å². The molecule has 27 heavy (non-hydrogen) atoms. The zero-order chi connectivity index (χ0) is 19.0. The van der Waals surface area contributed by atoms with Gasteiger partial charge in [-0.05, 0) is 36.4 Å². The maximum Gasteiger partial charge on any atom is 0.416 e. The molecule has 2 nitrogen and oxygen atoms in total. The first-order chi connectivity index (χ1) is 12.9. The lowest BCUT2D eigenvalue weighted by Gasteiger charge is -2.07. The predicted octanol–water partition coefficient (Wildman–Crippen LogP) is 6.18. The van der Waals surface area contributed by atoms with Gasteiger partial charge in [0.2, 0.25) is 5.52 Å². The number of rotatable bonds is 3. The summed E-state index contributed by atoms with van der Waals surface area (Å²) in [6.45, 7) is 0. The number of alkyl halides is 3. The second-order valence-electron chi connectivity index (χ2n) is 6.08.